The molecule has 1 aliphatic rings. The highest BCUT2D eigenvalue weighted by Crippen LogP contribution is 2.36. The number of ether oxygens (including phenoxy) is 2. The van der Waals surface area contributed by atoms with Gasteiger partial charge in [-0.2, -0.15) is 4.98 Å². The molecule has 0 radical (unpaired) electrons. The molecular formula is C29H29N3O5. The SMILES string of the molecule is COc1cccc(OC)c1-n1c(CCC2CC2)nc(O)c(Cc2ccc(-n3ccccc3=O)cc2)c1=O. The Bertz CT molecular complexity index is 1510. The first-order valence-electron chi connectivity index (χ1n) is 12.3. The molecular weight excluding hydrogens is 470 g/mol. The second kappa shape index (κ2) is 10.3. The van der Waals surface area contributed by atoms with Crippen LogP contribution in [-0.4, -0.2) is 33.4 Å². The molecule has 0 atom stereocenters. The number of nitrogens with zero attached hydrogens (tertiary/aromatic N) is 3. The molecule has 2 aromatic heterocycles. The molecule has 0 aliphatic heterocycles. The summed E-state index contributed by atoms with van der Waals surface area (Å²) in [7, 11) is 3.09. The third-order valence-corrected chi connectivity index (χ3v) is 6.74. The average molecular weight is 500 g/mol. The van der Waals surface area contributed by atoms with Gasteiger partial charge in [0.1, 0.15) is 23.0 Å². The maximum Gasteiger partial charge on any atom is 0.265 e. The molecule has 2 heterocycles. The second-order valence-corrected chi connectivity index (χ2v) is 9.22. The summed E-state index contributed by atoms with van der Waals surface area (Å²) in [5.74, 6) is 1.78. The van der Waals surface area contributed by atoms with Crippen molar-refractivity contribution in [3.8, 4) is 28.8 Å². The average Bonchev–Trinajstić information content (AvgIpc) is 3.75. The Morgan fingerprint density at radius 2 is 1.65 bits per heavy atom. The number of hydrogen-bond acceptors (Lipinski definition) is 6. The molecule has 1 saturated carbocycles. The van der Waals surface area contributed by atoms with E-state index in [9.17, 15) is 14.7 Å². The van der Waals surface area contributed by atoms with Gasteiger partial charge in [-0.05, 0) is 48.2 Å². The van der Waals surface area contributed by atoms with E-state index in [0.717, 1.165) is 12.0 Å². The zero-order valence-electron chi connectivity index (χ0n) is 20.9. The van der Waals surface area contributed by atoms with Crippen LogP contribution in [0.4, 0.5) is 0 Å². The summed E-state index contributed by atoms with van der Waals surface area (Å²) in [5.41, 5.74) is 1.65. The molecule has 5 rings (SSSR count). The molecule has 8 nitrogen and oxygen atoms in total. The number of hydrogen-bond donors (Lipinski definition) is 1. The third kappa shape index (κ3) is 5.00. The van der Waals surface area contributed by atoms with E-state index in [1.807, 2.05) is 24.3 Å². The lowest BCUT2D eigenvalue weighted by molar-refractivity contribution is 0.387. The topological polar surface area (TPSA) is 95.6 Å². The monoisotopic (exact) mass is 499 g/mol. The Hall–Kier alpha value is -4.33. The van der Waals surface area contributed by atoms with Crippen LogP contribution >= 0.6 is 0 Å². The van der Waals surface area contributed by atoms with Gasteiger partial charge in [-0.15, -0.1) is 0 Å². The molecule has 1 aliphatic carbocycles. The van der Waals surface area contributed by atoms with Gasteiger partial charge in [0.25, 0.3) is 11.1 Å². The quantitative estimate of drug-likeness (QED) is 0.374. The molecule has 4 aromatic rings. The third-order valence-electron chi connectivity index (χ3n) is 6.74. The Kier molecular flexibility index (Phi) is 6.81. The van der Waals surface area contributed by atoms with E-state index in [1.165, 1.54) is 23.5 Å². The zero-order valence-corrected chi connectivity index (χ0v) is 20.9. The fourth-order valence-corrected chi connectivity index (χ4v) is 4.55. The van der Waals surface area contributed by atoms with Gasteiger partial charge in [-0.1, -0.05) is 37.1 Å². The molecule has 0 amide bonds. The summed E-state index contributed by atoms with van der Waals surface area (Å²) in [6.45, 7) is 0. The summed E-state index contributed by atoms with van der Waals surface area (Å²) >= 11 is 0. The van der Waals surface area contributed by atoms with E-state index in [1.54, 1.807) is 55.3 Å². The standard InChI is InChI=1S/C29H29N3O5/c1-36-23-6-5-7-24(37-2)27(23)32-25(16-13-19-9-10-19)30-28(34)22(29(32)35)18-20-11-14-21(15-12-20)31-17-4-3-8-26(31)33/h3-8,11-12,14-15,17,19,34H,9-10,13,16,18H2,1-2H3. The van der Waals surface area contributed by atoms with Crippen molar-refractivity contribution in [1.29, 1.82) is 0 Å². The number of methoxy groups -OCH3 is 2. The van der Waals surface area contributed by atoms with Crippen molar-refractivity contribution in [2.45, 2.75) is 32.1 Å². The van der Waals surface area contributed by atoms with Crippen LogP contribution in [-0.2, 0) is 12.8 Å². The lowest BCUT2D eigenvalue weighted by atomic mass is 10.1. The van der Waals surface area contributed by atoms with Crippen molar-refractivity contribution in [3.05, 3.63) is 105 Å². The zero-order chi connectivity index (χ0) is 25.9. The molecule has 0 bridgehead atoms. The van der Waals surface area contributed by atoms with E-state index in [4.69, 9.17) is 9.47 Å². The molecule has 2 aromatic carbocycles. The number of rotatable bonds is 9. The van der Waals surface area contributed by atoms with Gasteiger partial charge < -0.3 is 14.6 Å². The number of aromatic hydroxyl groups is 1. The molecule has 0 saturated heterocycles. The highest BCUT2D eigenvalue weighted by molar-refractivity contribution is 5.58. The lowest BCUT2D eigenvalue weighted by Crippen LogP contribution is -2.28. The van der Waals surface area contributed by atoms with Crippen LogP contribution in [0, 0.1) is 5.92 Å². The molecule has 0 spiro atoms. The Balaban J connectivity index is 1.58. The molecule has 1 fully saturated rings. The van der Waals surface area contributed by atoms with Crippen LogP contribution < -0.4 is 20.6 Å². The summed E-state index contributed by atoms with van der Waals surface area (Å²) < 4.78 is 14.2. The van der Waals surface area contributed by atoms with Crippen molar-refractivity contribution >= 4 is 0 Å². The first kappa shape index (κ1) is 24.4. The van der Waals surface area contributed by atoms with Gasteiger partial charge >= 0.3 is 0 Å². The Morgan fingerprint density at radius 3 is 2.27 bits per heavy atom. The van der Waals surface area contributed by atoms with Crippen LogP contribution in [0.25, 0.3) is 11.4 Å². The van der Waals surface area contributed by atoms with Crippen LogP contribution in [0.3, 0.4) is 0 Å². The van der Waals surface area contributed by atoms with Crippen LogP contribution in [0.5, 0.6) is 17.4 Å². The van der Waals surface area contributed by atoms with Gasteiger partial charge in [0.2, 0.25) is 5.88 Å². The molecule has 37 heavy (non-hydrogen) atoms. The number of benzene rings is 2. The molecule has 190 valence electrons. The van der Waals surface area contributed by atoms with Crippen molar-refractivity contribution in [1.82, 2.24) is 14.1 Å². The van der Waals surface area contributed by atoms with Gasteiger partial charge in [0.05, 0.1) is 19.8 Å². The van der Waals surface area contributed by atoms with E-state index < -0.39 is 0 Å². The van der Waals surface area contributed by atoms with Crippen LogP contribution in [0.1, 0.15) is 36.2 Å². The predicted molar refractivity (Wildman–Crippen MR) is 140 cm³/mol. The van der Waals surface area contributed by atoms with E-state index >= 15 is 0 Å². The van der Waals surface area contributed by atoms with Crippen molar-refractivity contribution in [3.63, 3.8) is 0 Å². The van der Waals surface area contributed by atoms with Crippen LogP contribution in [0.15, 0.2) is 76.4 Å². The number of aryl methyl sites for hydroxylation is 1. The Morgan fingerprint density at radius 1 is 0.946 bits per heavy atom. The summed E-state index contributed by atoms with van der Waals surface area (Å²) in [6, 6.07) is 17.6. The number of aromatic nitrogens is 3. The minimum atomic E-state index is -0.371. The molecule has 0 unspecified atom stereocenters. The van der Waals surface area contributed by atoms with Crippen LogP contribution in [0.2, 0.25) is 0 Å². The second-order valence-electron chi connectivity index (χ2n) is 9.22. The maximum absolute atomic E-state index is 14.0. The van der Waals surface area contributed by atoms with E-state index in [0.29, 0.717) is 41.0 Å². The summed E-state index contributed by atoms with van der Waals surface area (Å²) in [4.78, 5) is 30.6. The first-order chi connectivity index (χ1) is 18.0. The lowest BCUT2D eigenvalue weighted by Gasteiger charge is -2.19. The highest BCUT2D eigenvalue weighted by atomic mass is 16.5. The highest BCUT2D eigenvalue weighted by Gasteiger charge is 2.26. The fourth-order valence-electron chi connectivity index (χ4n) is 4.55. The number of pyridine rings is 1. The molecule has 8 heteroatoms. The molecule has 1 N–H and O–H groups in total. The van der Waals surface area contributed by atoms with Gasteiger partial charge in [-0.25, -0.2) is 0 Å². The minimum Gasteiger partial charge on any atom is -0.494 e. The summed E-state index contributed by atoms with van der Waals surface area (Å²) in [5, 5.41) is 10.9. The van der Waals surface area contributed by atoms with E-state index in [-0.39, 0.29) is 29.0 Å². The van der Waals surface area contributed by atoms with Gasteiger partial charge in [0.15, 0.2) is 0 Å². The maximum atomic E-state index is 14.0. The Labute approximate surface area is 214 Å². The number of para-hydroxylation sites is 1. The normalized spacial score (nSPS) is 12.9. The van der Waals surface area contributed by atoms with Crippen molar-refractivity contribution in [2.75, 3.05) is 14.2 Å². The van der Waals surface area contributed by atoms with Crippen molar-refractivity contribution in [2.24, 2.45) is 5.92 Å². The largest absolute Gasteiger partial charge is 0.494 e. The minimum absolute atomic E-state index is 0.132. The van der Waals surface area contributed by atoms with E-state index in [2.05, 4.69) is 4.98 Å². The smallest absolute Gasteiger partial charge is 0.265 e. The predicted octanol–water partition coefficient (Wildman–Crippen LogP) is 4.04. The van der Waals surface area contributed by atoms with Crippen molar-refractivity contribution < 1.29 is 14.6 Å². The fraction of sp³-hybridized carbons (Fsp3) is 0.276. The van der Waals surface area contributed by atoms with Gasteiger partial charge in [0, 0.05) is 30.8 Å². The first-order valence-corrected chi connectivity index (χ1v) is 12.3. The summed E-state index contributed by atoms with van der Waals surface area (Å²) in [6.07, 6.45) is 5.67. The van der Waals surface area contributed by atoms with Gasteiger partial charge in [-0.3, -0.25) is 18.7 Å².